The zero-order chi connectivity index (χ0) is 10.1. The van der Waals surface area contributed by atoms with Crippen molar-refractivity contribution in [1.29, 1.82) is 5.26 Å². The summed E-state index contributed by atoms with van der Waals surface area (Å²) in [5.41, 5.74) is 0. The van der Waals surface area contributed by atoms with Crippen molar-refractivity contribution in [3.8, 4) is 6.19 Å². The van der Waals surface area contributed by atoms with E-state index in [2.05, 4.69) is 15.0 Å². The van der Waals surface area contributed by atoms with Crippen LogP contribution in [0.4, 0.5) is 0 Å². The summed E-state index contributed by atoms with van der Waals surface area (Å²) in [6, 6.07) is 0. The van der Waals surface area contributed by atoms with E-state index in [1.165, 1.54) is 11.8 Å². The van der Waals surface area contributed by atoms with Crippen LogP contribution >= 0.6 is 11.8 Å². The molecule has 0 unspecified atom stereocenters. The number of nitrogens with one attached hydrogen (secondary N) is 1. The van der Waals surface area contributed by atoms with Crippen LogP contribution in [0.2, 0.25) is 0 Å². The fourth-order valence-corrected chi connectivity index (χ4v) is 0.887. The molecule has 0 aromatic rings. The Balaban J connectivity index is 3.92. The van der Waals surface area contributed by atoms with Crippen LogP contribution < -0.4 is 5.32 Å². The first kappa shape index (κ1) is 11.8. The highest BCUT2D eigenvalue weighted by atomic mass is 32.2. The molecule has 0 saturated carbocycles. The van der Waals surface area contributed by atoms with Crippen molar-refractivity contribution in [1.82, 2.24) is 5.32 Å². The molecule has 6 heteroatoms. The van der Waals surface area contributed by atoms with E-state index in [4.69, 9.17) is 5.26 Å². The number of hydrogen-bond acceptors (Lipinski definition) is 5. The first-order valence-corrected chi connectivity index (χ1v) is 4.86. The molecule has 72 valence electrons. The van der Waals surface area contributed by atoms with Crippen molar-refractivity contribution < 1.29 is 9.53 Å². The predicted octanol–water partition coefficient (Wildman–Crippen LogP) is 0.339. The lowest BCUT2D eigenvalue weighted by molar-refractivity contribution is -0.141. The summed E-state index contributed by atoms with van der Waals surface area (Å²) in [4.78, 5) is 14.6. The van der Waals surface area contributed by atoms with Gasteiger partial charge in [-0.2, -0.15) is 5.26 Å². The fraction of sp³-hybridized carbons (Fsp3) is 0.571. The second kappa shape index (κ2) is 7.43. The van der Waals surface area contributed by atoms with Crippen molar-refractivity contribution >= 4 is 22.9 Å². The third-order valence-corrected chi connectivity index (χ3v) is 1.63. The molecule has 1 N–H and O–H groups in total. The molecule has 0 aliphatic carbocycles. The van der Waals surface area contributed by atoms with Crippen LogP contribution in [-0.2, 0) is 9.53 Å². The summed E-state index contributed by atoms with van der Waals surface area (Å²) in [6.07, 6.45) is 3.48. The van der Waals surface area contributed by atoms with E-state index in [-0.39, 0.29) is 6.54 Å². The van der Waals surface area contributed by atoms with Crippen LogP contribution in [0.5, 0.6) is 0 Å². The number of ether oxygens (including phenoxy) is 1. The quantitative estimate of drug-likeness (QED) is 0.234. The Labute approximate surface area is 81.2 Å². The van der Waals surface area contributed by atoms with E-state index in [0.29, 0.717) is 11.8 Å². The standard InChI is InChI=1S/C7H11N3O2S/c1-3-12-6(11)4-9-7(13-2)10-5-8/h3-4H2,1-2H3,(H,9,10). The number of carbonyl (C=O) groups excluding carboxylic acids is 1. The average molecular weight is 201 g/mol. The Morgan fingerprint density at radius 1 is 1.77 bits per heavy atom. The van der Waals surface area contributed by atoms with Gasteiger partial charge < -0.3 is 4.74 Å². The highest BCUT2D eigenvalue weighted by molar-refractivity contribution is 8.13. The lowest BCUT2D eigenvalue weighted by atomic mass is 10.7. The number of hydrogen-bond donors (Lipinski definition) is 1. The Morgan fingerprint density at radius 3 is 2.92 bits per heavy atom. The van der Waals surface area contributed by atoms with Gasteiger partial charge >= 0.3 is 5.97 Å². The summed E-state index contributed by atoms with van der Waals surface area (Å²) in [6.45, 7) is 2.01. The average Bonchev–Trinajstić information content (AvgIpc) is 2.12. The maximum Gasteiger partial charge on any atom is 0.327 e. The van der Waals surface area contributed by atoms with Gasteiger partial charge in [-0.15, -0.1) is 0 Å². The van der Waals surface area contributed by atoms with Crippen molar-refractivity contribution in [2.24, 2.45) is 4.99 Å². The number of aliphatic imine (C=N–C) groups is 1. The van der Waals surface area contributed by atoms with Crippen LogP contribution in [0.3, 0.4) is 0 Å². The fourth-order valence-electron chi connectivity index (χ4n) is 0.546. The molecule has 0 aliphatic rings. The normalized spacial score (nSPS) is 10.4. The number of nitrogens with zero attached hydrogens (tertiary/aromatic N) is 2. The highest BCUT2D eigenvalue weighted by Crippen LogP contribution is 1.94. The molecule has 0 bridgehead atoms. The Kier molecular flexibility index (Phi) is 6.73. The Bertz CT molecular complexity index is 234. The molecule has 0 rings (SSSR count). The van der Waals surface area contributed by atoms with E-state index in [1.54, 1.807) is 19.4 Å². The summed E-state index contributed by atoms with van der Waals surface area (Å²) in [7, 11) is 0. The number of esters is 1. The van der Waals surface area contributed by atoms with Crippen molar-refractivity contribution in [3.05, 3.63) is 0 Å². The molecule has 0 amide bonds. The molecular formula is C7H11N3O2S. The molecule has 0 atom stereocenters. The number of carbonyl (C=O) groups is 1. The molecule has 0 heterocycles. The second-order valence-corrected chi connectivity index (χ2v) is 2.66. The van der Waals surface area contributed by atoms with Gasteiger partial charge in [0.05, 0.1) is 6.61 Å². The predicted molar refractivity (Wildman–Crippen MR) is 51.2 cm³/mol. The third-order valence-electron chi connectivity index (χ3n) is 1.01. The van der Waals surface area contributed by atoms with Crippen molar-refractivity contribution in [3.63, 3.8) is 0 Å². The highest BCUT2D eigenvalue weighted by Gasteiger charge is 2.00. The summed E-state index contributed by atoms with van der Waals surface area (Å²) in [5, 5.41) is 11.0. The monoisotopic (exact) mass is 201 g/mol. The molecule has 0 spiro atoms. The molecule has 0 aliphatic heterocycles. The first-order valence-electron chi connectivity index (χ1n) is 3.63. The van der Waals surface area contributed by atoms with Gasteiger partial charge in [-0.05, 0) is 13.2 Å². The van der Waals surface area contributed by atoms with E-state index in [9.17, 15) is 4.79 Å². The number of nitriles is 1. The zero-order valence-corrected chi connectivity index (χ0v) is 8.35. The molecule has 5 nitrogen and oxygen atoms in total. The Hall–Kier alpha value is -1.22. The van der Waals surface area contributed by atoms with Gasteiger partial charge in [0.1, 0.15) is 6.54 Å². The van der Waals surface area contributed by atoms with Crippen LogP contribution in [0.1, 0.15) is 6.92 Å². The largest absolute Gasteiger partial charge is 0.465 e. The first-order chi connectivity index (χ1) is 6.24. The minimum Gasteiger partial charge on any atom is -0.465 e. The van der Waals surface area contributed by atoms with Crippen LogP contribution in [0, 0.1) is 11.5 Å². The molecule has 13 heavy (non-hydrogen) atoms. The molecular weight excluding hydrogens is 190 g/mol. The van der Waals surface area contributed by atoms with Gasteiger partial charge in [-0.25, -0.2) is 4.99 Å². The molecule has 0 saturated heterocycles. The van der Waals surface area contributed by atoms with Crippen LogP contribution in [-0.4, -0.2) is 30.5 Å². The summed E-state index contributed by atoms with van der Waals surface area (Å²) < 4.78 is 4.65. The Morgan fingerprint density at radius 2 is 2.46 bits per heavy atom. The number of rotatable bonds is 3. The summed E-state index contributed by atoms with van der Waals surface area (Å²) in [5.74, 6) is -0.395. The molecule has 0 aromatic carbocycles. The molecule has 0 aromatic heterocycles. The number of amidine groups is 1. The summed E-state index contributed by atoms with van der Waals surface area (Å²) >= 11 is 1.26. The topological polar surface area (TPSA) is 74.5 Å². The van der Waals surface area contributed by atoms with E-state index in [1.807, 2.05) is 0 Å². The van der Waals surface area contributed by atoms with Crippen molar-refractivity contribution in [2.75, 3.05) is 19.4 Å². The number of thioether (sulfide) groups is 1. The van der Waals surface area contributed by atoms with E-state index < -0.39 is 5.97 Å². The smallest absolute Gasteiger partial charge is 0.327 e. The van der Waals surface area contributed by atoms with Gasteiger partial charge in [-0.3, -0.25) is 10.1 Å². The maximum atomic E-state index is 10.8. The van der Waals surface area contributed by atoms with E-state index >= 15 is 0 Å². The van der Waals surface area contributed by atoms with Crippen LogP contribution in [0.25, 0.3) is 0 Å². The minimum absolute atomic E-state index is 0.0569. The van der Waals surface area contributed by atoms with Gasteiger partial charge in [-0.1, -0.05) is 11.8 Å². The van der Waals surface area contributed by atoms with Gasteiger partial charge in [0.2, 0.25) is 0 Å². The van der Waals surface area contributed by atoms with Gasteiger partial charge in [0.25, 0.3) is 0 Å². The third kappa shape index (κ3) is 5.99. The molecule has 0 radical (unpaired) electrons. The van der Waals surface area contributed by atoms with E-state index in [0.717, 1.165) is 0 Å². The van der Waals surface area contributed by atoms with Gasteiger partial charge in [0, 0.05) is 0 Å². The lowest BCUT2D eigenvalue weighted by Gasteiger charge is -1.99. The van der Waals surface area contributed by atoms with Gasteiger partial charge in [0.15, 0.2) is 11.4 Å². The zero-order valence-electron chi connectivity index (χ0n) is 7.53. The minimum atomic E-state index is -0.395. The maximum absolute atomic E-state index is 10.8. The second-order valence-electron chi connectivity index (χ2n) is 1.87. The lowest BCUT2D eigenvalue weighted by Crippen LogP contribution is -2.16. The van der Waals surface area contributed by atoms with Crippen LogP contribution in [0.15, 0.2) is 4.99 Å². The van der Waals surface area contributed by atoms with Crippen molar-refractivity contribution in [2.45, 2.75) is 6.92 Å². The molecule has 0 fully saturated rings. The SMILES string of the molecule is CCOC(=O)CN=C(NC#N)SC.